The van der Waals surface area contributed by atoms with Gasteiger partial charge in [0.25, 0.3) is 0 Å². The summed E-state index contributed by atoms with van der Waals surface area (Å²) in [5, 5.41) is 0. The van der Waals surface area contributed by atoms with Crippen LogP contribution >= 0.6 is 0 Å². The van der Waals surface area contributed by atoms with Crippen LogP contribution in [0, 0.1) is 5.92 Å². The van der Waals surface area contributed by atoms with Crippen molar-refractivity contribution in [3.8, 4) is 11.1 Å². The van der Waals surface area contributed by atoms with Crippen molar-refractivity contribution < 1.29 is 0 Å². The molecule has 0 heterocycles. The fraction of sp³-hybridized carbons (Fsp3) is 0.294. The average Bonchev–Trinajstić information content (AvgIpc) is 3.22. The minimum absolute atomic E-state index is 1.03. The zero-order chi connectivity index (χ0) is 11.5. The summed E-state index contributed by atoms with van der Waals surface area (Å²) in [7, 11) is 0. The normalized spacial score (nSPS) is 14.8. The summed E-state index contributed by atoms with van der Waals surface area (Å²) in [5.41, 5.74) is 4.11. The molecule has 2 aromatic carbocycles. The Bertz CT molecular complexity index is 463. The Morgan fingerprint density at radius 1 is 0.765 bits per heavy atom. The molecule has 0 aliphatic heterocycles. The van der Waals surface area contributed by atoms with Crippen LogP contribution in [-0.2, 0) is 6.42 Å². The molecule has 0 spiro atoms. The SMILES string of the molecule is c1ccc(-c2ccc(CCC3CC3)cc2)cc1. The predicted octanol–water partition coefficient (Wildman–Crippen LogP) is 4.70. The summed E-state index contributed by atoms with van der Waals surface area (Å²) in [4.78, 5) is 0. The maximum absolute atomic E-state index is 2.28. The van der Waals surface area contributed by atoms with Gasteiger partial charge in [0, 0.05) is 0 Å². The molecule has 2 aromatic rings. The van der Waals surface area contributed by atoms with Crippen molar-refractivity contribution in [2.75, 3.05) is 0 Å². The molecule has 1 aliphatic rings. The molecular weight excluding hydrogens is 204 g/mol. The van der Waals surface area contributed by atoms with E-state index in [1.54, 1.807) is 0 Å². The van der Waals surface area contributed by atoms with Gasteiger partial charge in [-0.15, -0.1) is 0 Å². The Kier molecular flexibility index (Phi) is 2.96. The number of aryl methyl sites for hydroxylation is 1. The minimum atomic E-state index is 1.03. The number of benzene rings is 2. The Labute approximate surface area is 103 Å². The quantitative estimate of drug-likeness (QED) is 0.703. The summed E-state index contributed by atoms with van der Waals surface area (Å²) in [6.45, 7) is 0. The van der Waals surface area contributed by atoms with Gasteiger partial charge in [-0.1, -0.05) is 67.4 Å². The molecule has 0 aromatic heterocycles. The van der Waals surface area contributed by atoms with Crippen LogP contribution in [0.15, 0.2) is 54.6 Å². The van der Waals surface area contributed by atoms with Gasteiger partial charge in [0.2, 0.25) is 0 Å². The molecule has 0 amide bonds. The predicted molar refractivity (Wildman–Crippen MR) is 72.9 cm³/mol. The lowest BCUT2D eigenvalue weighted by Crippen LogP contribution is -1.86. The van der Waals surface area contributed by atoms with Crippen LogP contribution in [0.3, 0.4) is 0 Å². The van der Waals surface area contributed by atoms with E-state index < -0.39 is 0 Å². The Morgan fingerprint density at radius 2 is 1.41 bits per heavy atom. The van der Waals surface area contributed by atoms with Crippen LogP contribution in [0.25, 0.3) is 11.1 Å². The van der Waals surface area contributed by atoms with Crippen LogP contribution in [-0.4, -0.2) is 0 Å². The molecule has 1 saturated carbocycles. The van der Waals surface area contributed by atoms with E-state index in [1.807, 2.05) is 0 Å². The van der Waals surface area contributed by atoms with Crippen LogP contribution in [0.4, 0.5) is 0 Å². The summed E-state index contributed by atoms with van der Waals surface area (Å²) in [5.74, 6) is 1.03. The molecule has 0 atom stereocenters. The van der Waals surface area contributed by atoms with Gasteiger partial charge in [-0.2, -0.15) is 0 Å². The average molecular weight is 222 g/mol. The molecule has 0 unspecified atom stereocenters. The first-order valence-electron chi connectivity index (χ1n) is 6.56. The van der Waals surface area contributed by atoms with Crippen molar-refractivity contribution >= 4 is 0 Å². The van der Waals surface area contributed by atoms with Crippen LogP contribution in [0.5, 0.6) is 0 Å². The van der Waals surface area contributed by atoms with Crippen LogP contribution in [0.2, 0.25) is 0 Å². The minimum Gasteiger partial charge on any atom is -0.0622 e. The van der Waals surface area contributed by atoms with E-state index in [0.29, 0.717) is 0 Å². The first-order valence-corrected chi connectivity index (χ1v) is 6.56. The molecule has 1 aliphatic carbocycles. The Morgan fingerprint density at radius 3 is 2.06 bits per heavy atom. The fourth-order valence-corrected chi connectivity index (χ4v) is 2.27. The van der Waals surface area contributed by atoms with Gasteiger partial charge >= 0.3 is 0 Å². The van der Waals surface area contributed by atoms with E-state index in [1.165, 1.54) is 42.4 Å². The van der Waals surface area contributed by atoms with Gasteiger partial charge in [-0.05, 0) is 35.4 Å². The van der Waals surface area contributed by atoms with Gasteiger partial charge in [-0.3, -0.25) is 0 Å². The first-order chi connectivity index (χ1) is 8.42. The molecule has 0 radical (unpaired) electrons. The molecule has 86 valence electrons. The highest BCUT2D eigenvalue weighted by atomic mass is 14.3. The molecule has 0 bridgehead atoms. The van der Waals surface area contributed by atoms with E-state index in [-0.39, 0.29) is 0 Å². The second kappa shape index (κ2) is 4.75. The second-order valence-electron chi connectivity index (χ2n) is 5.04. The van der Waals surface area contributed by atoms with E-state index in [0.717, 1.165) is 5.92 Å². The van der Waals surface area contributed by atoms with Gasteiger partial charge in [0.15, 0.2) is 0 Å². The molecule has 0 heteroatoms. The van der Waals surface area contributed by atoms with Crippen molar-refractivity contribution in [2.24, 2.45) is 5.92 Å². The number of hydrogen-bond acceptors (Lipinski definition) is 0. The Balaban J connectivity index is 1.70. The molecule has 0 N–H and O–H groups in total. The zero-order valence-corrected chi connectivity index (χ0v) is 10.1. The molecule has 1 fully saturated rings. The van der Waals surface area contributed by atoms with Gasteiger partial charge in [0.05, 0.1) is 0 Å². The molecule has 0 nitrogen and oxygen atoms in total. The summed E-state index contributed by atoms with van der Waals surface area (Å²) in [6, 6.07) is 19.6. The van der Waals surface area contributed by atoms with Crippen molar-refractivity contribution in [1.29, 1.82) is 0 Å². The molecule has 17 heavy (non-hydrogen) atoms. The van der Waals surface area contributed by atoms with E-state index in [9.17, 15) is 0 Å². The van der Waals surface area contributed by atoms with Crippen LogP contribution < -0.4 is 0 Å². The highest BCUT2D eigenvalue weighted by molar-refractivity contribution is 5.63. The lowest BCUT2D eigenvalue weighted by molar-refractivity contribution is 0.727. The highest BCUT2D eigenvalue weighted by Crippen LogP contribution is 2.33. The smallest absolute Gasteiger partial charge is 0.0184 e. The molecule has 3 rings (SSSR count). The first kappa shape index (κ1) is 10.6. The fourth-order valence-electron chi connectivity index (χ4n) is 2.27. The van der Waals surface area contributed by atoms with Crippen molar-refractivity contribution in [1.82, 2.24) is 0 Å². The number of hydrogen-bond donors (Lipinski definition) is 0. The third kappa shape index (κ3) is 2.76. The summed E-state index contributed by atoms with van der Waals surface area (Å²) in [6.07, 6.45) is 5.55. The van der Waals surface area contributed by atoms with Crippen molar-refractivity contribution in [3.63, 3.8) is 0 Å². The summed E-state index contributed by atoms with van der Waals surface area (Å²) < 4.78 is 0. The maximum Gasteiger partial charge on any atom is -0.0184 e. The monoisotopic (exact) mass is 222 g/mol. The molecule has 0 saturated heterocycles. The van der Waals surface area contributed by atoms with Gasteiger partial charge in [-0.25, -0.2) is 0 Å². The lowest BCUT2D eigenvalue weighted by atomic mass is 10.0. The summed E-state index contributed by atoms with van der Waals surface area (Å²) >= 11 is 0. The lowest BCUT2D eigenvalue weighted by Gasteiger charge is -2.04. The topological polar surface area (TPSA) is 0 Å². The van der Waals surface area contributed by atoms with Crippen LogP contribution in [0.1, 0.15) is 24.8 Å². The van der Waals surface area contributed by atoms with Gasteiger partial charge < -0.3 is 0 Å². The second-order valence-corrected chi connectivity index (χ2v) is 5.04. The van der Waals surface area contributed by atoms with Crippen molar-refractivity contribution in [2.45, 2.75) is 25.7 Å². The van der Waals surface area contributed by atoms with E-state index in [4.69, 9.17) is 0 Å². The standard InChI is InChI=1S/C17H18/c1-2-4-16(5-3-1)17-12-10-15(11-13-17)9-8-14-6-7-14/h1-5,10-14H,6-9H2. The highest BCUT2D eigenvalue weighted by Gasteiger charge is 2.20. The molecular formula is C17H18. The largest absolute Gasteiger partial charge is 0.0622 e. The van der Waals surface area contributed by atoms with Gasteiger partial charge in [0.1, 0.15) is 0 Å². The van der Waals surface area contributed by atoms with E-state index >= 15 is 0 Å². The maximum atomic E-state index is 2.28. The zero-order valence-electron chi connectivity index (χ0n) is 10.1. The third-order valence-corrected chi connectivity index (χ3v) is 3.60. The number of rotatable bonds is 4. The van der Waals surface area contributed by atoms with Crippen molar-refractivity contribution in [3.05, 3.63) is 60.2 Å². The Hall–Kier alpha value is -1.56. The third-order valence-electron chi connectivity index (χ3n) is 3.60. The van der Waals surface area contributed by atoms with E-state index in [2.05, 4.69) is 54.6 Å².